The first-order valence-electron chi connectivity index (χ1n) is 6.77. The van der Waals surface area contributed by atoms with E-state index in [9.17, 15) is 25.1 Å². The number of thioether (sulfide) groups is 2. The Morgan fingerprint density at radius 3 is 2.65 bits per heavy atom. The van der Waals surface area contributed by atoms with E-state index in [1.807, 2.05) is 0 Å². The van der Waals surface area contributed by atoms with Gasteiger partial charge in [0.05, 0.1) is 16.2 Å². The molecule has 0 radical (unpaired) electrons. The van der Waals surface area contributed by atoms with Crippen LogP contribution in [0.3, 0.4) is 0 Å². The van der Waals surface area contributed by atoms with Gasteiger partial charge in [-0.3, -0.25) is 9.59 Å². The molecule has 7 nitrogen and oxygen atoms in total. The summed E-state index contributed by atoms with van der Waals surface area (Å²) in [4.78, 5) is 25.7. The third-order valence-corrected chi connectivity index (χ3v) is 7.25. The molecule has 2 N–H and O–H groups in total. The summed E-state index contributed by atoms with van der Waals surface area (Å²) >= 11 is 2.23. The van der Waals surface area contributed by atoms with Crippen molar-refractivity contribution in [3.05, 3.63) is 22.1 Å². The number of carbonyl (C=O) groups is 2. The molecule has 0 amide bonds. The van der Waals surface area contributed by atoms with Gasteiger partial charge in [-0.25, -0.2) is 0 Å². The number of carboxylic acids is 2. The van der Waals surface area contributed by atoms with Crippen LogP contribution < -0.4 is 0 Å². The molecular formula is C14H14N2O5S2. The largest absolute Gasteiger partial charge is 0.481 e. The van der Waals surface area contributed by atoms with Crippen molar-refractivity contribution in [2.24, 2.45) is 11.8 Å². The molecule has 5 unspecified atom stereocenters. The van der Waals surface area contributed by atoms with E-state index in [0.717, 1.165) is 11.8 Å². The zero-order valence-electron chi connectivity index (χ0n) is 12.3. The Morgan fingerprint density at radius 1 is 1.48 bits per heavy atom. The van der Waals surface area contributed by atoms with Crippen LogP contribution in [0.1, 0.15) is 0 Å². The average molecular weight is 354 g/mol. The molecule has 4 rings (SSSR count). The van der Waals surface area contributed by atoms with Crippen molar-refractivity contribution in [1.82, 2.24) is 4.90 Å². The van der Waals surface area contributed by atoms with Gasteiger partial charge in [-0.2, -0.15) is 5.26 Å². The zero-order valence-corrected chi connectivity index (χ0v) is 13.9. The summed E-state index contributed by atoms with van der Waals surface area (Å²) in [6.45, 7) is 0. The normalized spacial score (nSPS) is 37.7. The van der Waals surface area contributed by atoms with Gasteiger partial charge in [-0.15, -0.1) is 11.8 Å². The van der Waals surface area contributed by atoms with Gasteiger partial charge >= 0.3 is 11.9 Å². The minimum Gasteiger partial charge on any atom is -0.481 e. The van der Waals surface area contributed by atoms with Crippen LogP contribution in [-0.2, 0) is 14.3 Å². The van der Waals surface area contributed by atoms with Gasteiger partial charge in [-0.1, -0.05) is 23.9 Å². The second-order valence-electron chi connectivity index (χ2n) is 5.41. The fourth-order valence-electron chi connectivity index (χ4n) is 3.72. The molecule has 0 aromatic carbocycles. The molecule has 4 aliphatic rings. The van der Waals surface area contributed by atoms with Gasteiger partial charge in [-0.05, 0) is 6.26 Å². The topological polar surface area (TPSA) is 111 Å². The minimum absolute atomic E-state index is 0.342. The highest BCUT2D eigenvalue weighted by molar-refractivity contribution is 8.23. The Morgan fingerprint density at radius 2 is 2.17 bits per heavy atom. The monoisotopic (exact) mass is 354 g/mol. The van der Waals surface area contributed by atoms with Crippen LogP contribution in [0.25, 0.3) is 0 Å². The van der Waals surface area contributed by atoms with Crippen molar-refractivity contribution >= 4 is 35.5 Å². The van der Waals surface area contributed by atoms with Crippen LogP contribution in [0.5, 0.6) is 0 Å². The molecule has 3 aliphatic heterocycles. The van der Waals surface area contributed by atoms with E-state index < -0.39 is 40.8 Å². The van der Waals surface area contributed by atoms with Gasteiger partial charge in [0.15, 0.2) is 4.75 Å². The summed E-state index contributed by atoms with van der Waals surface area (Å²) < 4.78 is 4.39. The number of methoxy groups -OCH3 is 1. The number of aliphatic carboxylic acids is 2. The fourth-order valence-corrected chi connectivity index (χ4v) is 6.15. The maximum Gasteiger partial charge on any atom is 0.323 e. The van der Waals surface area contributed by atoms with Crippen LogP contribution in [0.4, 0.5) is 0 Å². The fraction of sp³-hybridized carbons (Fsp3) is 0.500. The minimum atomic E-state index is -1.57. The number of nitriles is 1. The Hall–Kier alpha value is -1.63. The Kier molecular flexibility index (Phi) is 3.86. The molecule has 1 saturated heterocycles. The van der Waals surface area contributed by atoms with Crippen molar-refractivity contribution < 1.29 is 24.5 Å². The predicted octanol–water partition coefficient (Wildman–Crippen LogP) is 1.16. The second-order valence-corrected chi connectivity index (χ2v) is 7.77. The molecular weight excluding hydrogens is 340 g/mol. The Labute approximate surface area is 141 Å². The first-order valence-corrected chi connectivity index (χ1v) is 8.81. The molecule has 9 heteroatoms. The lowest BCUT2D eigenvalue weighted by Crippen LogP contribution is -2.73. The van der Waals surface area contributed by atoms with Crippen LogP contribution >= 0.6 is 23.5 Å². The van der Waals surface area contributed by atoms with E-state index in [0.29, 0.717) is 9.93 Å². The van der Waals surface area contributed by atoms with Gasteiger partial charge in [0.2, 0.25) is 0 Å². The van der Waals surface area contributed by atoms with Crippen molar-refractivity contribution in [3.63, 3.8) is 0 Å². The zero-order chi connectivity index (χ0) is 16.9. The predicted molar refractivity (Wildman–Crippen MR) is 84.3 cm³/mol. The summed E-state index contributed by atoms with van der Waals surface area (Å²) in [5.74, 6) is -4.12. The lowest BCUT2D eigenvalue weighted by atomic mass is 9.66. The standard InChI is InChI=1S/C14H14N2O5S2/c1-21-10-6-3-4-8-14(13(19)20,9(6)11(17)18)23-12(22-2)7(5-15)16(8)10/h3-4,6,8-10H,1-2H3,(H,17,18)(H,19,20). The lowest BCUT2D eigenvalue weighted by Gasteiger charge is -2.60. The van der Waals surface area contributed by atoms with Gasteiger partial charge in [0, 0.05) is 13.0 Å². The van der Waals surface area contributed by atoms with Crippen LogP contribution in [0, 0.1) is 23.2 Å². The summed E-state index contributed by atoms with van der Waals surface area (Å²) in [6.07, 6.45) is 4.46. The molecule has 122 valence electrons. The first-order chi connectivity index (χ1) is 10.9. The highest BCUT2D eigenvalue weighted by atomic mass is 32.2. The van der Waals surface area contributed by atoms with Crippen LogP contribution in [0.2, 0.25) is 0 Å². The quantitative estimate of drug-likeness (QED) is 0.718. The molecule has 0 spiro atoms. The van der Waals surface area contributed by atoms with Crippen molar-refractivity contribution in [2.45, 2.75) is 17.0 Å². The summed E-state index contributed by atoms with van der Waals surface area (Å²) in [5, 5.41) is 29.1. The Bertz CT molecular complexity index is 685. The summed E-state index contributed by atoms with van der Waals surface area (Å²) in [5.41, 5.74) is 0.342. The summed E-state index contributed by atoms with van der Waals surface area (Å²) in [6, 6.07) is 1.38. The third kappa shape index (κ3) is 1.89. The van der Waals surface area contributed by atoms with E-state index in [1.165, 1.54) is 18.9 Å². The molecule has 5 atom stereocenters. The van der Waals surface area contributed by atoms with Gasteiger partial charge in [0.1, 0.15) is 18.0 Å². The number of hydrogen-bond donors (Lipinski definition) is 2. The molecule has 0 aromatic heterocycles. The van der Waals surface area contributed by atoms with E-state index in [4.69, 9.17) is 4.74 Å². The maximum atomic E-state index is 12.1. The van der Waals surface area contributed by atoms with E-state index in [-0.39, 0.29) is 0 Å². The molecule has 1 fully saturated rings. The molecule has 0 saturated carbocycles. The van der Waals surface area contributed by atoms with Crippen LogP contribution in [0.15, 0.2) is 22.1 Å². The lowest BCUT2D eigenvalue weighted by molar-refractivity contribution is -0.174. The molecule has 23 heavy (non-hydrogen) atoms. The number of nitrogens with zero attached hydrogens (tertiary/aromatic N) is 2. The van der Waals surface area contributed by atoms with Crippen LogP contribution in [-0.4, -0.2) is 57.4 Å². The number of ether oxygens (including phenoxy) is 1. The van der Waals surface area contributed by atoms with E-state index >= 15 is 0 Å². The number of hydrogen-bond acceptors (Lipinski definition) is 7. The van der Waals surface area contributed by atoms with Crippen molar-refractivity contribution in [1.29, 1.82) is 5.26 Å². The summed E-state index contributed by atoms with van der Waals surface area (Å²) in [7, 11) is 1.44. The molecule has 4 bridgehead atoms. The second kappa shape index (κ2) is 5.47. The Balaban J connectivity index is 2.30. The number of allylic oxidation sites excluding steroid dienone is 1. The smallest absolute Gasteiger partial charge is 0.323 e. The molecule has 3 heterocycles. The van der Waals surface area contributed by atoms with Crippen molar-refractivity contribution in [2.75, 3.05) is 13.4 Å². The SMILES string of the molecule is COC1C2C=CC3N1C(C#N)=C(SC)SC3(C(=O)O)C2C(=O)O. The highest BCUT2D eigenvalue weighted by Gasteiger charge is 2.69. The van der Waals surface area contributed by atoms with E-state index in [2.05, 4.69) is 6.07 Å². The molecule has 0 aromatic rings. The number of carboxylic acid groups (broad SMARTS) is 2. The van der Waals surface area contributed by atoms with Crippen molar-refractivity contribution in [3.8, 4) is 6.07 Å². The third-order valence-electron chi connectivity index (χ3n) is 4.55. The number of rotatable bonds is 4. The van der Waals surface area contributed by atoms with E-state index in [1.54, 1.807) is 23.3 Å². The van der Waals surface area contributed by atoms with Gasteiger partial charge < -0.3 is 19.8 Å². The number of piperidine rings is 1. The molecule has 1 aliphatic carbocycles. The van der Waals surface area contributed by atoms with Gasteiger partial charge in [0.25, 0.3) is 0 Å². The maximum absolute atomic E-state index is 12.1. The highest BCUT2D eigenvalue weighted by Crippen LogP contribution is 2.60. The average Bonchev–Trinajstić information content (AvgIpc) is 2.53. The first kappa shape index (κ1) is 16.2.